The lowest BCUT2D eigenvalue weighted by molar-refractivity contribution is -0.384. The Morgan fingerprint density at radius 3 is 2.67 bits per heavy atom. The van der Waals surface area contributed by atoms with Gasteiger partial charge in [-0.2, -0.15) is 0 Å². The van der Waals surface area contributed by atoms with Crippen LogP contribution in [0.15, 0.2) is 18.2 Å². The Labute approximate surface area is 106 Å². The second kappa shape index (κ2) is 5.82. The van der Waals surface area contributed by atoms with E-state index in [4.69, 9.17) is 16.7 Å². The fourth-order valence-corrected chi connectivity index (χ4v) is 1.25. The summed E-state index contributed by atoms with van der Waals surface area (Å²) >= 11 is 5.58. The van der Waals surface area contributed by atoms with Crippen molar-refractivity contribution in [3.63, 3.8) is 0 Å². The zero-order valence-electron chi connectivity index (χ0n) is 8.84. The molecule has 0 aliphatic carbocycles. The van der Waals surface area contributed by atoms with Crippen LogP contribution < -0.4 is 10.6 Å². The summed E-state index contributed by atoms with van der Waals surface area (Å²) in [6, 6.07) is 2.90. The van der Waals surface area contributed by atoms with E-state index in [1.165, 1.54) is 12.1 Å². The Morgan fingerprint density at radius 2 is 2.11 bits per heavy atom. The van der Waals surface area contributed by atoms with Crippen LogP contribution in [0, 0.1) is 10.1 Å². The van der Waals surface area contributed by atoms with E-state index in [-0.39, 0.29) is 16.4 Å². The van der Waals surface area contributed by atoms with E-state index in [0.29, 0.717) is 0 Å². The van der Waals surface area contributed by atoms with Crippen LogP contribution >= 0.6 is 11.6 Å². The number of hydrogen-bond acceptors (Lipinski definition) is 4. The Morgan fingerprint density at radius 1 is 1.44 bits per heavy atom. The smallest absolute Gasteiger partial charge is 0.323 e. The molecule has 0 bridgehead atoms. The summed E-state index contributed by atoms with van der Waals surface area (Å²) in [4.78, 5) is 31.3. The molecule has 0 spiro atoms. The molecule has 0 fully saturated rings. The second-order valence-electron chi connectivity index (χ2n) is 3.12. The van der Waals surface area contributed by atoms with E-state index in [0.717, 1.165) is 6.07 Å². The molecule has 0 heterocycles. The maximum atomic E-state index is 11.2. The predicted molar refractivity (Wildman–Crippen MR) is 62.8 cm³/mol. The fourth-order valence-electron chi connectivity index (χ4n) is 1.06. The number of carboxylic acids is 1. The Hall–Kier alpha value is -2.35. The number of nitrogens with one attached hydrogen (secondary N) is 2. The van der Waals surface area contributed by atoms with Crippen molar-refractivity contribution < 1.29 is 19.6 Å². The minimum Gasteiger partial charge on any atom is -0.480 e. The van der Waals surface area contributed by atoms with E-state index >= 15 is 0 Å². The van der Waals surface area contributed by atoms with Crippen molar-refractivity contribution in [2.24, 2.45) is 0 Å². The van der Waals surface area contributed by atoms with E-state index in [9.17, 15) is 19.7 Å². The van der Waals surface area contributed by atoms with Gasteiger partial charge in [0.05, 0.1) is 4.92 Å². The number of carboxylic acid groups (broad SMARTS) is 1. The molecule has 2 amide bonds. The lowest BCUT2D eigenvalue weighted by Crippen LogP contribution is -2.33. The van der Waals surface area contributed by atoms with Crippen molar-refractivity contribution in [1.29, 1.82) is 0 Å². The van der Waals surface area contributed by atoms with Gasteiger partial charge in [-0.3, -0.25) is 14.9 Å². The van der Waals surface area contributed by atoms with E-state index < -0.39 is 23.5 Å². The van der Waals surface area contributed by atoms with Gasteiger partial charge < -0.3 is 15.7 Å². The van der Waals surface area contributed by atoms with Gasteiger partial charge in [0.2, 0.25) is 0 Å². The standard InChI is InChI=1S/C9H8ClN3O5/c10-6-2-1-5(3-7(6)13(17)18)12-9(16)11-4-8(14)15/h1-3H,4H2,(H,14,15)(H2,11,12,16). The summed E-state index contributed by atoms with van der Waals surface area (Å²) in [6.45, 7) is -0.554. The Kier molecular flexibility index (Phi) is 4.44. The van der Waals surface area contributed by atoms with Crippen LogP contribution in [0.25, 0.3) is 0 Å². The number of anilines is 1. The first-order valence-electron chi connectivity index (χ1n) is 4.60. The number of nitro groups is 1. The predicted octanol–water partition coefficient (Wildman–Crippen LogP) is 1.45. The minimum absolute atomic E-state index is 0.0588. The summed E-state index contributed by atoms with van der Waals surface area (Å²) in [5.74, 6) is -1.20. The molecule has 1 aromatic rings. The average Bonchev–Trinajstić information content (AvgIpc) is 2.28. The van der Waals surface area contributed by atoms with Crippen LogP contribution in [0.3, 0.4) is 0 Å². The topological polar surface area (TPSA) is 122 Å². The summed E-state index contributed by atoms with van der Waals surface area (Å²) in [7, 11) is 0. The van der Waals surface area contributed by atoms with Gasteiger partial charge in [-0.15, -0.1) is 0 Å². The molecule has 0 saturated heterocycles. The van der Waals surface area contributed by atoms with Crippen LogP contribution in [0.2, 0.25) is 5.02 Å². The number of rotatable bonds is 4. The van der Waals surface area contributed by atoms with Crippen molar-refractivity contribution >= 4 is 35.0 Å². The van der Waals surface area contributed by atoms with Crippen LogP contribution in [0.4, 0.5) is 16.2 Å². The molecule has 8 nitrogen and oxygen atoms in total. The van der Waals surface area contributed by atoms with Gasteiger partial charge in [0.25, 0.3) is 5.69 Å². The van der Waals surface area contributed by atoms with Crippen molar-refractivity contribution in [3.05, 3.63) is 33.3 Å². The van der Waals surface area contributed by atoms with Gasteiger partial charge in [-0.25, -0.2) is 4.79 Å². The first-order chi connectivity index (χ1) is 8.40. The van der Waals surface area contributed by atoms with Gasteiger partial charge >= 0.3 is 12.0 Å². The van der Waals surface area contributed by atoms with Crippen molar-refractivity contribution in [1.82, 2.24) is 5.32 Å². The molecule has 3 N–H and O–H groups in total. The number of carbonyl (C=O) groups is 2. The molecule has 0 saturated carbocycles. The minimum atomic E-state index is -1.20. The quantitative estimate of drug-likeness (QED) is 0.566. The number of halogens is 1. The zero-order chi connectivity index (χ0) is 13.7. The number of benzene rings is 1. The third kappa shape index (κ3) is 3.91. The number of aliphatic carboxylic acids is 1. The third-order valence-corrected chi connectivity index (χ3v) is 2.12. The molecule has 96 valence electrons. The number of nitrogens with zero attached hydrogens (tertiary/aromatic N) is 1. The highest BCUT2D eigenvalue weighted by molar-refractivity contribution is 6.32. The summed E-state index contributed by atoms with van der Waals surface area (Å²) < 4.78 is 0. The first-order valence-corrected chi connectivity index (χ1v) is 4.98. The highest BCUT2D eigenvalue weighted by Crippen LogP contribution is 2.27. The molecule has 0 radical (unpaired) electrons. The zero-order valence-corrected chi connectivity index (χ0v) is 9.60. The van der Waals surface area contributed by atoms with Gasteiger partial charge in [0.15, 0.2) is 0 Å². The Balaban J connectivity index is 2.73. The molecule has 0 unspecified atom stereocenters. The molecule has 0 atom stereocenters. The molecular weight excluding hydrogens is 266 g/mol. The lowest BCUT2D eigenvalue weighted by Gasteiger charge is -2.06. The number of amides is 2. The van der Waals surface area contributed by atoms with E-state index in [1.54, 1.807) is 0 Å². The number of nitro benzene ring substituents is 1. The largest absolute Gasteiger partial charge is 0.480 e. The van der Waals surface area contributed by atoms with Crippen LogP contribution in [0.5, 0.6) is 0 Å². The third-order valence-electron chi connectivity index (χ3n) is 1.80. The molecule has 9 heteroatoms. The van der Waals surface area contributed by atoms with Gasteiger partial charge in [-0.05, 0) is 12.1 Å². The normalized spacial score (nSPS) is 9.61. The molecule has 18 heavy (non-hydrogen) atoms. The fraction of sp³-hybridized carbons (Fsp3) is 0.111. The summed E-state index contributed by atoms with van der Waals surface area (Å²) in [5.41, 5.74) is -0.221. The van der Waals surface area contributed by atoms with Crippen molar-refractivity contribution in [2.75, 3.05) is 11.9 Å². The summed E-state index contributed by atoms with van der Waals surface area (Å²) in [6.07, 6.45) is 0. The average molecular weight is 274 g/mol. The molecule has 0 aliphatic rings. The van der Waals surface area contributed by atoms with Crippen LogP contribution in [-0.2, 0) is 4.79 Å². The maximum Gasteiger partial charge on any atom is 0.323 e. The number of carbonyl (C=O) groups excluding carboxylic acids is 1. The molecule has 1 aromatic carbocycles. The monoisotopic (exact) mass is 273 g/mol. The maximum absolute atomic E-state index is 11.2. The Bertz CT molecular complexity index is 505. The number of hydrogen-bond donors (Lipinski definition) is 3. The number of urea groups is 1. The van der Waals surface area contributed by atoms with E-state index in [2.05, 4.69) is 5.32 Å². The second-order valence-corrected chi connectivity index (χ2v) is 3.53. The SMILES string of the molecule is O=C(O)CNC(=O)Nc1ccc(Cl)c([N+](=O)[O-])c1. The lowest BCUT2D eigenvalue weighted by atomic mass is 10.3. The van der Waals surface area contributed by atoms with Gasteiger partial charge in [0, 0.05) is 11.8 Å². The molecular formula is C9H8ClN3O5. The summed E-state index contributed by atoms with van der Waals surface area (Å²) in [5, 5.41) is 23.1. The molecule has 0 aromatic heterocycles. The van der Waals surface area contributed by atoms with Crippen LogP contribution in [-0.4, -0.2) is 28.6 Å². The molecule has 1 rings (SSSR count). The van der Waals surface area contributed by atoms with Crippen molar-refractivity contribution in [2.45, 2.75) is 0 Å². The van der Waals surface area contributed by atoms with Gasteiger partial charge in [-0.1, -0.05) is 11.6 Å². The van der Waals surface area contributed by atoms with Crippen molar-refractivity contribution in [3.8, 4) is 0 Å². The van der Waals surface area contributed by atoms with E-state index in [1.807, 2.05) is 5.32 Å². The van der Waals surface area contributed by atoms with Gasteiger partial charge in [0.1, 0.15) is 11.6 Å². The highest BCUT2D eigenvalue weighted by atomic mass is 35.5. The molecule has 0 aliphatic heterocycles. The van der Waals surface area contributed by atoms with Crippen LogP contribution in [0.1, 0.15) is 0 Å². The first kappa shape index (κ1) is 13.7. The highest BCUT2D eigenvalue weighted by Gasteiger charge is 2.13.